The van der Waals surface area contributed by atoms with E-state index in [9.17, 15) is 4.79 Å². The molecular weight excluding hydrogens is 316 g/mol. The predicted molar refractivity (Wildman–Crippen MR) is 98.0 cm³/mol. The van der Waals surface area contributed by atoms with Crippen molar-refractivity contribution in [3.8, 4) is 0 Å². The van der Waals surface area contributed by atoms with Crippen molar-refractivity contribution in [1.82, 2.24) is 9.88 Å². The number of benzene rings is 1. The standard InChI is InChI=1S/C20H24N2O3/c1-14-5-7-16(8-6-14)13-22-17-11-15(2)25-19(17)12-18(22)20(23)21-9-4-10-24-3/h5-8,11-12H,4,9-10,13H2,1-3H3,(H,21,23). The SMILES string of the molecule is COCCCNC(=O)c1cc2oc(C)cc2n1Cc1ccc(C)cc1. The van der Waals surface area contributed by atoms with Crippen LogP contribution in [0.4, 0.5) is 0 Å². The number of hydrogen-bond acceptors (Lipinski definition) is 3. The summed E-state index contributed by atoms with van der Waals surface area (Å²) in [6, 6.07) is 12.2. The molecule has 0 saturated carbocycles. The van der Waals surface area contributed by atoms with Gasteiger partial charge in [-0.3, -0.25) is 4.79 Å². The fourth-order valence-corrected chi connectivity index (χ4v) is 2.91. The van der Waals surface area contributed by atoms with Crippen molar-refractivity contribution < 1.29 is 13.9 Å². The van der Waals surface area contributed by atoms with Crippen LogP contribution in [0.3, 0.4) is 0 Å². The van der Waals surface area contributed by atoms with Gasteiger partial charge in [0.25, 0.3) is 5.91 Å². The third kappa shape index (κ3) is 3.94. The Morgan fingerprint density at radius 3 is 2.68 bits per heavy atom. The quantitative estimate of drug-likeness (QED) is 0.668. The van der Waals surface area contributed by atoms with Crippen molar-refractivity contribution in [2.24, 2.45) is 0 Å². The van der Waals surface area contributed by atoms with E-state index in [1.54, 1.807) is 7.11 Å². The van der Waals surface area contributed by atoms with Crippen molar-refractivity contribution in [1.29, 1.82) is 0 Å². The Labute approximate surface area is 147 Å². The zero-order chi connectivity index (χ0) is 17.8. The summed E-state index contributed by atoms with van der Waals surface area (Å²) in [5.74, 6) is 0.752. The Morgan fingerprint density at radius 1 is 1.20 bits per heavy atom. The molecule has 1 amide bonds. The van der Waals surface area contributed by atoms with Crippen molar-refractivity contribution in [2.75, 3.05) is 20.3 Å². The lowest BCUT2D eigenvalue weighted by Crippen LogP contribution is -2.27. The van der Waals surface area contributed by atoms with Gasteiger partial charge in [0.2, 0.25) is 0 Å². The van der Waals surface area contributed by atoms with E-state index in [1.807, 2.05) is 23.6 Å². The van der Waals surface area contributed by atoms with E-state index in [0.717, 1.165) is 28.8 Å². The minimum absolute atomic E-state index is 0.0905. The molecule has 0 aliphatic heterocycles. The Morgan fingerprint density at radius 2 is 1.96 bits per heavy atom. The summed E-state index contributed by atoms with van der Waals surface area (Å²) in [5, 5.41) is 2.95. The molecule has 0 aliphatic carbocycles. The van der Waals surface area contributed by atoms with Crippen LogP contribution < -0.4 is 5.32 Å². The number of amides is 1. The molecule has 0 atom stereocenters. The maximum absolute atomic E-state index is 12.6. The van der Waals surface area contributed by atoms with E-state index in [2.05, 4.69) is 36.5 Å². The van der Waals surface area contributed by atoms with E-state index in [-0.39, 0.29) is 5.91 Å². The van der Waals surface area contributed by atoms with E-state index >= 15 is 0 Å². The predicted octanol–water partition coefficient (Wildman–Crippen LogP) is 3.67. The fraction of sp³-hybridized carbons (Fsp3) is 0.350. The van der Waals surface area contributed by atoms with Crippen molar-refractivity contribution in [3.05, 3.63) is 59.0 Å². The molecule has 0 spiro atoms. The molecule has 0 unspecified atom stereocenters. The number of ether oxygens (including phenoxy) is 1. The number of aromatic nitrogens is 1. The number of nitrogens with one attached hydrogen (secondary N) is 1. The largest absolute Gasteiger partial charge is 0.460 e. The third-order valence-electron chi connectivity index (χ3n) is 4.22. The summed E-state index contributed by atoms with van der Waals surface area (Å²) in [5.41, 5.74) is 4.67. The Bertz CT molecular complexity index is 859. The number of methoxy groups -OCH3 is 1. The van der Waals surface area contributed by atoms with Gasteiger partial charge in [0, 0.05) is 38.9 Å². The van der Waals surface area contributed by atoms with Gasteiger partial charge in [-0.2, -0.15) is 0 Å². The first kappa shape index (κ1) is 17.3. The number of carbonyl (C=O) groups excluding carboxylic acids is 1. The van der Waals surface area contributed by atoms with E-state index in [0.29, 0.717) is 25.4 Å². The molecule has 1 aromatic carbocycles. The summed E-state index contributed by atoms with van der Waals surface area (Å²) in [4.78, 5) is 12.6. The molecule has 0 aliphatic rings. The first-order valence-corrected chi connectivity index (χ1v) is 8.51. The molecule has 1 N–H and O–H groups in total. The van der Waals surface area contributed by atoms with Gasteiger partial charge in [-0.15, -0.1) is 0 Å². The Kier molecular flexibility index (Phi) is 5.24. The van der Waals surface area contributed by atoms with E-state index < -0.39 is 0 Å². The fourth-order valence-electron chi connectivity index (χ4n) is 2.91. The summed E-state index contributed by atoms with van der Waals surface area (Å²) in [7, 11) is 1.66. The average Bonchev–Trinajstić information content (AvgIpc) is 3.11. The summed E-state index contributed by atoms with van der Waals surface area (Å²) < 4.78 is 12.8. The van der Waals surface area contributed by atoms with Gasteiger partial charge in [0.05, 0.1) is 5.52 Å². The number of furan rings is 1. The highest BCUT2D eigenvalue weighted by atomic mass is 16.5. The van der Waals surface area contributed by atoms with Crippen LogP contribution in [0.2, 0.25) is 0 Å². The van der Waals surface area contributed by atoms with Crippen LogP contribution in [-0.4, -0.2) is 30.7 Å². The van der Waals surface area contributed by atoms with Crippen molar-refractivity contribution in [3.63, 3.8) is 0 Å². The van der Waals surface area contributed by atoms with E-state index in [1.165, 1.54) is 5.56 Å². The second-order valence-electron chi connectivity index (χ2n) is 6.31. The number of rotatable bonds is 7. The lowest BCUT2D eigenvalue weighted by atomic mass is 10.1. The molecule has 0 saturated heterocycles. The molecular formula is C20H24N2O3. The summed E-state index contributed by atoms with van der Waals surface area (Å²) in [6.07, 6.45) is 0.788. The van der Waals surface area contributed by atoms with Crippen LogP contribution in [0.5, 0.6) is 0 Å². The number of carbonyl (C=O) groups is 1. The molecule has 3 rings (SSSR count). The molecule has 25 heavy (non-hydrogen) atoms. The van der Waals surface area contributed by atoms with Gasteiger partial charge >= 0.3 is 0 Å². The van der Waals surface area contributed by atoms with Crippen LogP contribution in [0, 0.1) is 13.8 Å². The highest BCUT2D eigenvalue weighted by molar-refractivity contribution is 5.97. The van der Waals surface area contributed by atoms with Crippen LogP contribution in [0.25, 0.3) is 11.1 Å². The minimum Gasteiger partial charge on any atom is -0.460 e. The molecule has 0 fully saturated rings. The van der Waals surface area contributed by atoms with Crippen LogP contribution in [-0.2, 0) is 11.3 Å². The number of fused-ring (bicyclic) bond motifs is 1. The lowest BCUT2D eigenvalue weighted by molar-refractivity contribution is 0.0940. The monoisotopic (exact) mass is 340 g/mol. The van der Waals surface area contributed by atoms with E-state index in [4.69, 9.17) is 9.15 Å². The molecule has 0 radical (unpaired) electrons. The maximum atomic E-state index is 12.6. The average molecular weight is 340 g/mol. The highest BCUT2D eigenvalue weighted by Crippen LogP contribution is 2.25. The van der Waals surface area contributed by atoms with Crippen LogP contribution >= 0.6 is 0 Å². The smallest absolute Gasteiger partial charge is 0.268 e. The van der Waals surface area contributed by atoms with Gasteiger partial charge in [0.1, 0.15) is 11.5 Å². The molecule has 2 heterocycles. The highest BCUT2D eigenvalue weighted by Gasteiger charge is 2.18. The maximum Gasteiger partial charge on any atom is 0.268 e. The van der Waals surface area contributed by atoms with Gasteiger partial charge in [-0.25, -0.2) is 0 Å². The molecule has 5 heteroatoms. The summed E-state index contributed by atoms with van der Waals surface area (Å²) >= 11 is 0. The minimum atomic E-state index is -0.0905. The van der Waals surface area contributed by atoms with Crippen molar-refractivity contribution in [2.45, 2.75) is 26.8 Å². The normalized spacial score (nSPS) is 11.2. The summed E-state index contributed by atoms with van der Waals surface area (Å²) in [6.45, 7) is 5.83. The number of nitrogens with zero attached hydrogens (tertiary/aromatic N) is 1. The van der Waals surface area contributed by atoms with Gasteiger partial charge < -0.3 is 19.0 Å². The van der Waals surface area contributed by atoms with Crippen LogP contribution in [0.15, 0.2) is 40.8 Å². The van der Waals surface area contributed by atoms with Gasteiger partial charge in [0.15, 0.2) is 5.58 Å². The van der Waals surface area contributed by atoms with Gasteiger partial charge in [-0.05, 0) is 25.8 Å². The lowest BCUT2D eigenvalue weighted by Gasteiger charge is -2.11. The Balaban J connectivity index is 1.88. The number of hydrogen-bond donors (Lipinski definition) is 1. The number of aryl methyl sites for hydroxylation is 2. The third-order valence-corrected chi connectivity index (χ3v) is 4.22. The zero-order valence-corrected chi connectivity index (χ0v) is 15.0. The van der Waals surface area contributed by atoms with Crippen molar-refractivity contribution >= 4 is 17.0 Å². The second-order valence-corrected chi connectivity index (χ2v) is 6.31. The zero-order valence-electron chi connectivity index (χ0n) is 15.0. The second kappa shape index (κ2) is 7.57. The molecule has 2 aromatic heterocycles. The first-order valence-electron chi connectivity index (χ1n) is 8.51. The molecule has 0 bridgehead atoms. The van der Waals surface area contributed by atoms with Crippen LogP contribution in [0.1, 0.15) is 33.8 Å². The topological polar surface area (TPSA) is 56.4 Å². The Hall–Kier alpha value is -2.53. The van der Waals surface area contributed by atoms with Gasteiger partial charge in [-0.1, -0.05) is 29.8 Å². The molecule has 3 aromatic rings. The molecule has 132 valence electrons. The first-order chi connectivity index (χ1) is 12.1. The molecule has 5 nitrogen and oxygen atoms in total.